The van der Waals surface area contributed by atoms with E-state index >= 15 is 0 Å². The van der Waals surface area contributed by atoms with Crippen LogP contribution in [0.25, 0.3) is 22.0 Å². The van der Waals surface area contributed by atoms with Crippen LogP contribution in [0.2, 0.25) is 5.02 Å². The van der Waals surface area contributed by atoms with Crippen LogP contribution in [-0.2, 0) is 10.2 Å². The van der Waals surface area contributed by atoms with Gasteiger partial charge in [-0.05, 0) is 71.7 Å². The van der Waals surface area contributed by atoms with E-state index in [1.807, 2.05) is 30.5 Å². The molecule has 0 saturated heterocycles. The summed E-state index contributed by atoms with van der Waals surface area (Å²) in [5.41, 5.74) is 4.87. The summed E-state index contributed by atoms with van der Waals surface area (Å²) in [6.45, 7) is 0. The second kappa shape index (κ2) is 4.67. The van der Waals surface area contributed by atoms with Crippen LogP contribution in [0.4, 0.5) is 0 Å². The molecule has 0 amide bonds. The highest BCUT2D eigenvalue weighted by Crippen LogP contribution is 2.73. The third-order valence-corrected chi connectivity index (χ3v) is 6.06. The first-order valence-corrected chi connectivity index (χ1v) is 8.63. The van der Waals surface area contributed by atoms with Crippen LogP contribution in [0.5, 0.6) is 0 Å². The maximum absolute atomic E-state index is 11.2. The van der Waals surface area contributed by atoms with Crippen molar-refractivity contribution in [2.45, 2.75) is 24.7 Å². The molecule has 24 heavy (non-hydrogen) atoms. The van der Waals surface area contributed by atoms with Crippen LogP contribution in [0, 0.1) is 5.41 Å². The molecule has 6 rings (SSSR count). The minimum absolute atomic E-state index is 0.0244. The number of hydrogen-bond acceptors (Lipinski definition) is 2. The Balaban J connectivity index is 1.63. The van der Waals surface area contributed by atoms with Crippen molar-refractivity contribution < 1.29 is 4.79 Å². The van der Waals surface area contributed by atoms with Gasteiger partial charge in [0.1, 0.15) is 6.29 Å². The first kappa shape index (κ1) is 14.2. The highest BCUT2D eigenvalue weighted by molar-refractivity contribution is 6.30. The fourth-order valence-electron chi connectivity index (χ4n) is 4.71. The van der Waals surface area contributed by atoms with Crippen molar-refractivity contribution in [3.8, 4) is 11.1 Å². The van der Waals surface area contributed by atoms with Crippen molar-refractivity contribution in [1.29, 1.82) is 0 Å². The third-order valence-electron chi connectivity index (χ3n) is 5.81. The Bertz CT molecular complexity index is 957. The fourth-order valence-corrected chi connectivity index (χ4v) is 4.83. The average molecular weight is 334 g/mol. The first-order valence-electron chi connectivity index (χ1n) is 8.25. The molecule has 3 heteroatoms. The molecule has 1 aromatic heterocycles. The number of hydrogen-bond donors (Lipinski definition) is 0. The Morgan fingerprint density at radius 1 is 0.958 bits per heavy atom. The summed E-state index contributed by atoms with van der Waals surface area (Å²) in [4.78, 5) is 15.8. The van der Waals surface area contributed by atoms with Crippen LogP contribution in [0.1, 0.15) is 24.8 Å². The molecular formula is C21H16ClNO. The highest BCUT2D eigenvalue weighted by atomic mass is 35.5. The highest BCUT2D eigenvalue weighted by Gasteiger charge is 2.68. The number of nitrogens with zero attached hydrogens (tertiary/aromatic N) is 1. The molecule has 0 unspecified atom stereocenters. The molecule has 118 valence electrons. The number of halogens is 1. The summed E-state index contributed by atoms with van der Waals surface area (Å²) in [6, 6.07) is 16.5. The Kier molecular flexibility index (Phi) is 2.76. The monoisotopic (exact) mass is 333 g/mol. The van der Waals surface area contributed by atoms with Gasteiger partial charge in [0.15, 0.2) is 0 Å². The second-order valence-electron chi connectivity index (χ2n) is 7.39. The Morgan fingerprint density at radius 3 is 2.38 bits per heavy atom. The van der Waals surface area contributed by atoms with Gasteiger partial charge in [0.05, 0.1) is 5.52 Å². The van der Waals surface area contributed by atoms with E-state index in [4.69, 9.17) is 11.6 Å². The van der Waals surface area contributed by atoms with E-state index in [0.717, 1.165) is 41.7 Å². The van der Waals surface area contributed by atoms with E-state index < -0.39 is 0 Å². The topological polar surface area (TPSA) is 30.0 Å². The van der Waals surface area contributed by atoms with E-state index in [0.29, 0.717) is 0 Å². The fraction of sp³-hybridized carbons (Fsp3) is 0.238. The minimum Gasteiger partial charge on any atom is -0.303 e. The van der Waals surface area contributed by atoms with E-state index in [1.165, 1.54) is 16.5 Å². The lowest BCUT2D eigenvalue weighted by Gasteiger charge is -2.68. The van der Waals surface area contributed by atoms with Crippen LogP contribution >= 0.6 is 11.6 Å². The zero-order valence-electron chi connectivity index (χ0n) is 13.1. The maximum Gasteiger partial charge on any atom is 0.126 e. The Labute approximate surface area is 145 Å². The first-order chi connectivity index (χ1) is 11.6. The minimum atomic E-state index is -0.0244. The van der Waals surface area contributed by atoms with Crippen LogP contribution in [-0.4, -0.2) is 11.3 Å². The molecular weight excluding hydrogens is 318 g/mol. The van der Waals surface area contributed by atoms with Gasteiger partial charge < -0.3 is 4.79 Å². The van der Waals surface area contributed by atoms with Crippen LogP contribution in [0.3, 0.4) is 0 Å². The molecule has 3 aliphatic carbocycles. The SMILES string of the molecule is O=CC12CC(c3ccnc4ccc(-c5ccc(Cl)cc5)cc34)(C1)C2. The van der Waals surface area contributed by atoms with E-state index in [1.54, 1.807) is 0 Å². The van der Waals surface area contributed by atoms with Crippen molar-refractivity contribution in [1.82, 2.24) is 4.98 Å². The summed E-state index contributed by atoms with van der Waals surface area (Å²) in [5, 5.41) is 1.96. The number of aldehydes is 1. The number of carbonyl (C=O) groups excluding carboxylic acids is 1. The smallest absolute Gasteiger partial charge is 0.126 e. The van der Waals surface area contributed by atoms with Crippen molar-refractivity contribution in [2.24, 2.45) is 5.41 Å². The number of rotatable bonds is 3. The van der Waals surface area contributed by atoms with Crippen molar-refractivity contribution >= 4 is 28.8 Å². The third kappa shape index (κ3) is 1.83. The largest absolute Gasteiger partial charge is 0.303 e. The Morgan fingerprint density at radius 2 is 1.67 bits per heavy atom. The van der Waals surface area contributed by atoms with Crippen molar-refractivity contribution in [3.63, 3.8) is 0 Å². The zero-order chi connectivity index (χ0) is 16.4. The predicted molar refractivity (Wildman–Crippen MR) is 96.2 cm³/mol. The standard InChI is InChI=1S/C21H16ClNO/c22-16-4-1-14(2-5-16)15-3-6-19-17(9-15)18(7-8-23-19)21-10-20(11-21,12-21)13-24/h1-9,13H,10-12H2. The molecule has 0 spiro atoms. The quantitative estimate of drug-likeness (QED) is 0.618. The van der Waals surface area contributed by atoms with Gasteiger partial charge in [0, 0.05) is 22.0 Å². The zero-order valence-corrected chi connectivity index (χ0v) is 13.9. The molecule has 2 nitrogen and oxygen atoms in total. The number of aromatic nitrogens is 1. The van der Waals surface area contributed by atoms with Crippen molar-refractivity contribution in [3.05, 3.63) is 65.3 Å². The molecule has 3 saturated carbocycles. The van der Waals surface area contributed by atoms with Gasteiger partial charge in [0.2, 0.25) is 0 Å². The van der Waals surface area contributed by atoms with Gasteiger partial charge in [-0.3, -0.25) is 4.98 Å². The predicted octanol–water partition coefficient (Wildman–Crippen LogP) is 5.18. The summed E-state index contributed by atoms with van der Waals surface area (Å²) < 4.78 is 0. The van der Waals surface area contributed by atoms with E-state index in [-0.39, 0.29) is 10.8 Å². The van der Waals surface area contributed by atoms with Crippen LogP contribution < -0.4 is 0 Å². The average Bonchev–Trinajstić information content (AvgIpc) is 2.53. The summed E-state index contributed by atoms with van der Waals surface area (Å²) in [7, 11) is 0. The Hall–Kier alpha value is -2.19. The lowest BCUT2D eigenvalue weighted by molar-refractivity contribution is -0.159. The second-order valence-corrected chi connectivity index (χ2v) is 7.82. The normalized spacial score (nSPS) is 27.4. The van der Waals surface area contributed by atoms with E-state index in [9.17, 15) is 4.79 Å². The lowest BCUT2D eigenvalue weighted by Crippen LogP contribution is -2.65. The molecule has 0 atom stereocenters. The molecule has 3 aromatic rings. The molecule has 0 radical (unpaired) electrons. The lowest BCUT2D eigenvalue weighted by atomic mass is 9.34. The number of pyridine rings is 1. The molecule has 1 heterocycles. The maximum atomic E-state index is 11.2. The van der Waals surface area contributed by atoms with Crippen molar-refractivity contribution in [2.75, 3.05) is 0 Å². The summed E-state index contributed by atoms with van der Waals surface area (Å²) in [6.07, 6.45) is 6.04. The molecule has 0 N–H and O–H groups in total. The van der Waals surface area contributed by atoms with Gasteiger partial charge >= 0.3 is 0 Å². The molecule has 2 bridgehead atoms. The number of fused-ring (bicyclic) bond motifs is 1. The van der Waals surface area contributed by atoms with E-state index in [2.05, 4.69) is 29.2 Å². The summed E-state index contributed by atoms with van der Waals surface area (Å²) >= 11 is 6.00. The molecule has 2 aromatic carbocycles. The molecule has 3 aliphatic rings. The number of benzene rings is 2. The molecule has 3 fully saturated rings. The van der Waals surface area contributed by atoms with Gasteiger partial charge in [-0.15, -0.1) is 0 Å². The number of carbonyl (C=O) groups is 1. The van der Waals surface area contributed by atoms with Gasteiger partial charge in [-0.1, -0.05) is 29.8 Å². The van der Waals surface area contributed by atoms with Gasteiger partial charge in [-0.2, -0.15) is 0 Å². The van der Waals surface area contributed by atoms with Gasteiger partial charge in [-0.25, -0.2) is 0 Å². The molecule has 0 aliphatic heterocycles. The summed E-state index contributed by atoms with van der Waals surface area (Å²) in [5.74, 6) is 0. The van der Waals surface area contributed by atoms with Crippen LogP contribution in [0.15, 0.2) is 54.7 Å². The van der Waals surface area contributed by atoms with Gasteiger partial charge in [0.25, 0.3) is 0 Å².